The van der Waals surface area contributed by atoms with E-state index >= 15 is 0 Å². The molecule has 0 bridgehead atoms. The van der Waals surface area contributed by atoms with Crippen LogP contribution in [0.5, 0.6) is 11.5 Å². The second-order valence-corrected chi connectivity index (χ2v) is 4.21. The van der Waals surface area contributed by atoms with Gasteiger partial charge in [-0.3, -0.25) is 4.79 Å². The predicted octanol–water partition coefficient (Wildman–Crippen LogP) is 2.22. The van der Waals surface area contributed by atoms with Crippen LogP contribution in [0.4, 0.5) is 0 Å². The Balaban J connectivity index is 1.97. The van der Waals surface area contributed by atoms with E-state index in [0.29, 0.717) is 11.3 Å². The normalized spacial score (nSPS) is 9.38. The third-order valence-corrected chi connectivity index (χ3v) is 2.73. The highest BCUT2D eigenvalue weighted by Crippen LogP contribution is 2.13. The lowest BCUT2D eigenvalue weighted by Crippen LogP contribution is -2.10. The molecule has 0 heterocycles. The van der Waals surface area contributed by atoms with Crippen LogP contribution in [0.3, 0.4) is 0 Å². The first-order chi connectivity index (χ1) is 10.2. The van der Waals surface area contributed by atoms with Gasteiger partial charge in [-0.2, -0.15) is 0 Å². The smallest absolute Gasteiger partial charge is 0.248 e. The largest absolute Gasteiger partial charge is 0.497 e. The molecule has 0 saturated carbocycles. The number of amides is 1. The molecular weight excluding hydrogens is 266 g/mol. The maximum absolute atomic E-state index is 11.1. The predicted molar refractivity (Wildman–Crippen MR) is 80.3 cm³/mol. The summed E-state index contributed by atoms with van der Waals surface area (Å²) in [5, 5.41) is 0. The Kier molecular flexibility index (Phi) is 4.84. The van der Waals surface area contributed by atoms with Gasteiger partial charge in [0.15, 0.2) is 0 Å². The van der Waals surface area contributed by atoms with E-state index < -0.39 is 5.91 Å². The molecule has 2 aromatic carbocycles. The van der Waals surface area contributed by atoms with Crippen LogP contribution in [-0.2, 0) is 0 Å². The lowest BCUT2D eigenvalue weighted by Gasteiger charge is -2.03. The molecule has 0 fully saturated rings. The highest BCUT2D eigenvalue weighted by molar-refractivity contribution is 5.93. The van der Waals surface area contributed by atoms with E-state index in [1.54, 1.807) is 31.4 Å². The molecule has 0 aliphatic heterocycles. The van der Waals surface area contributed by atoms with Crippen LogP contribution in [-0.4, -0.2) is 19.6 Å². The maximum atomic E-state index is 11.1. The molecule has 4 heteroatoms. The van der Waals surface area contributed by atoms with Gasteiger partial charge in [-0.15, -0.1) is 0 Å². The van der Waals surface area contributed by atoms with E-state index in [-0.39, 0.29) is 6.61 Å². The fourth-order valence-corrected chi connectivity index (χ4v) is 1.70. The third kappa shape index (κ3) is 4.29. The van der Waals surface area contributed by atoms with Gasteiger partial charge in [0.05, 0.1) is 7.11 Å². The van der Waals surface area contributed by atoms with Crippen molar-refractivity contribution in [3.63, 3.8) is 0 Å². The number of methoxy groups -OCH3 is 1. The minimum absolute atomic E-state index is 0.222. The van der Waals surface area contributed by atoms with Crippen molar-refractivity contribution in [2.45, 2.75) is 0 Å². The van der Waals surface area contributed by atoms with Crippen molar-refractivity contribution < 1.29 is 14.3 Å². The van der Waals surface area contributed by atoms with Crippen LogP contribution in [0.1, 0.15) is 15.9 Å². The zero-order chi connectivity index (χ0) is 15.1. The summed E-state index contributed by atoms with van der Waals surface area (Å²) in [5.74, 6) is 6.73. The molecule has 2 rings (SSSR count). The molecule has 0 aliphatic rings. The van der Waals surface area contributed by atoms with E-state index in [0.717, 1.165) is 11.3 Å². The Morgan fingerprint density at radius 1 is 1.14 bits per heavy atom. The standard InChI is InChI=1S/C17H15NO3/c1-20-15-8-2-5-13(11-15)6-4-10-21-16-9-3-7-14(12-16)17(18)19/h2-3,5,7-9,11-12H,10H2,1H3,(H2,18,19). The van der Waals surface area contributed by atoms with Crippen molar-refractivity contribution in [3.8, 4) is 23.3 Å². The molecule has 0 aromatic heterocycles. The zero-order valence-corrected chi connectivity index (χ0v) is 11.6. The number of nitrogens with two attached hydrogens (primary N) is 1. The Bertz CT molecular complexity index is 698. The van der Waals surface area contributed by atoms with Gasteiger partial charge in [-0.1, -0.05) is 24.0 Å². The SMILES string of the molecule is COc1cccc(C#CCOc2cccc(C(N)=O)c2)c1. The van der Waals surface area contributed by atoms with Crippen LogP contribution < -0.4 is 15.2 Å². The van der Waals surface area contributed by atoms with E-state index in [1.807, 2.05) is 24.3 Å². The molecule has 0 saturated heterocycles. The summed E-state index contributed by atoms with van der Waals surface area (Å²) >= 11 is 0. The molecule has 106 valence electrons. The van der Waals surface area contributed by atoms with E-state index in [9.17, 15) is 4.79 Å². The molecule has 1 amide bonds. The number of primary amides is 1. The molecule has 21 heavy (non-hydrogen) atoms. The molecule has 0 spiro atoms. The van der Waals surface area contributed by atoms with Crippen molar-refractivity contribution >= 4 is 5.91 Å². The third-order valence-electron chi connectivity index (χ3n) is 2.73. The molecular formula is C17H15NO3. The number of ether oxygens (including phenoxy) is 2. The second kappa shape index (κ2) is 7.01. The van der Waals surface area contributed by atoms with E-state index in [2.05, 4.69) is 11.8 Å². The summed E-state index contributed by atoms with van der Waals surface area (Å²) in [5.41, 5.74) is 6.47. The fourth-order valence-electron chi connectivity index (χ4n) is 1.70. The molecule has 0 unspecified atom stereocenters. The maximum Gasteiger partial charge on any atom is 0.248 e. The number of hydrogen-bond donors (Lipinski definition) is 1. The zero-order valence-electron chi connectivity index (χ0n) is 11.6. The molecule has 4 nitrogen and oxygen atoms in total. The summed E-state index contributed by atoms with van der Waals surface area (Å²) in [6.45, 7) is 0.222. The summed E-state index contributed by atoms with van der Waals surface area (Å²) in [7, 11) is 1.61. The van der Waals surface area contributed by atoms with Crippen molar-refractivity contribution in [3.05, 3.63) is 59.7 Å². The van der Waals surface area contributed by atoms with Gasteiger partial charge in [0, 0.05) is 11.1 Å². The Morgan fingerprint density at radius 3 is 2.67 bits per heavy atom. The minimum Gasteiger partial charge on any atom is -0.497 e. The van der Waals surface area contributed by atoms with Crippen LogP contribution in [0, 0.1) is 11.8 Å². The van der Waals surface area contributed by atoms with Crippen LogP contribution in [0.2, 0.25) is 0 Å². The Hall–Kier alpha value is -2.93. The van der Waals surface area contributed by atoms with Crippen molar-refractivity contribution in [1.82, 2.24) is 0 Å². The number of carbonyl (C=O) groups excluding carboxylic acids is 1. The summed E-state index contributed by atoms with van der Waals surface area (Å²) in [6.07, 6.45) is 0. The first-order valence-corrected chi connectivity index (χ1v) is 6.34. The molecule has 0 radical (unpaired) electrons. The minimum atomic E-state index is -0.483. The highest BCUT2D eigenvalue weighted by Gasteiger charge is 2.01. The molecule has 2 N–H and O–H groups in total. The van der Waals surface area contributed by atoms with Crippen LogP contribution >= 0.6 is 0 Å². The van der Waals surface area contributed by atoms with Gasteiger partial charge in [0.25, 0.3) is 0 Å². The van der Waals surface area contributed by atoms with Crippen molar-refractivity contribution in [1.29, 1.82) is 0 Å². The molecule has 2 aromatic rings. The van der Waals surface area contributed by atoms with Crippen LogP contribution in [0.25, 0.3) is 0 Å². The van der Waals surface area contributed by atoms with Crippen molar-refractivity contribution in [2.75, 3.05) is 13.7 Å². The highest BCUT2D eigenvalue weighted by atomic mass is 16.5. The van der Waals surface area contributed by atoms with Gasteiger partial charge in [-0.05, 0) is 36.4 Å². The topological polar surface area (TPSA) is 61.6 Å². The van der Waals surface area contributed by atoms with E-state index in [4.69, 9.17) is 15.2 Å². The molecule has 0 aliphatic carbocycles. The Morgan fingerprint density at radius 2 is 1.90 bits per heavy atom. The van der Waals surface area contributed by atoms with Gasteiger partial charge < -0.3 is 15.2 Å². The lowest BCUT2D eigenvalue weighted by atomic mass is 10.2. The average molecular weight is 281 g/mol. The molecule has 0 atom stereocenters. The summed E-state index contributed by atoms with van der Waals surface area (Å²) < 4.78 is 10.6. The second-order valence-electron chi connectivity index (χ2n) is 4.21. The monoisotopic (exact) mass is 281 g/mol. The van der Waals surface area contributed by atoms with Gasteiger partial charge >= 0.3 is 0 Å². The van der Waals surface area contributed by atoms with Gasteiger partial charge in [0.1, 0.15) is 18.1 Å². The Labute approximate surface area is 123 Å². The number of benzene rings is 2. The number of carbonyl (C=O) groups is 1. The first-order valence-electron chi connectivity index (χ1n) is 6.34. The fraction of sp³-hybridized carbons (Fsp3) is 0.118. The average Bonchev–Trinajstić information content (AvgIpc) is 2.52. The van der Waals surface area contributed by atoms with Gasteiger partial charge in [0.2, 0.25) is 5.91 Å². The van der Waals surface area contributed by atoms with E-state index in [1.165, 1.54) is 0 Å². The quantitative estimate of drug-likeness (QED) is 0.874. The summed E-state index contributed by atoms with van der Waals surface area (Å²) in [6, 6.07) is 14.2. The first kappa shape index (κ1) is 14.5. The van der Waals surface area contributed by atoms with Crippen molar-refractivity contribution in [2.24, 2.45) is 5.73 Å². The number of rotatable bonds is 4. The summed E-state index contributed by atoms with van der Waals surface area (Å²) in [4.78, 5) is 11.1. The number of hydrogen-bond acceptors (Lipinski definition) is 3. The van der Waals surface area contributed by atoms with Gasteiger partial charge in [-0.25, -0.2) is 0 Å². The van der Waals surface area contributed by atoms with Crippen LogP contribution in [0.15, 0.2) is 48.5 Å². The lowest BCUT2D eigenvalue weighted by molar-refractivity contribution is 0.1000.